The first kappa shape index (κ1) is 15.8. The van der Waals surface area contributed by atoms with Gasteiger partial charge >= 0.3 is 5.63 Å². The van der Waals surface area contributed by atoms with Crippen molar-refractivity contribution in [3.8, 4) is 5.75 Å². The highest BCUT2D eigenvalue weighted by molar-refractivity contribution is 6.48. The maximum absolute atomic E-state index is 12.5. The molecule has 2 aromatic carbocycles. The van der Waals surface area contributed by atoms with Crippen molar-refractivity contribution in [2.45, 2.75) is 0 Å². The van der Waals surface area contributed by atoms with E-state index in [0.29, 0.717) is 22.1 Å². The van der Waals surface area contributed by atoms with Crippen molar-refractivity contribution in [2.24, 2.45) is 0 Å². The van der Waals surface area contributed by atoms with Gasteiger partial charge in [-0.15, -0.1) is 0 Å². The van der Waals surface area contributed by atoms with Crippen LogP contribution in [-0.4, -0.2) is 18.7 Å². The third-order valence-corrected chi connectivity index (χ3v) is 4.04. The molecule has 0 amide bonds. The average molecular weight is 348 g/mol. The Bertz CT molecular complexity index is 1200. The van der Waals surface area contributed by atoms with E-state index in [-0.39, 0.29) is 16.9 Å². The number of hydrogen-bond acceptors (Lipinski definition) is 6. The van der Waals surface area contributed by atoms with Crippen molar-refractivity contribution < 1.29 is 23.2 Å². The summed E-state index contributed by atoms with van der Waals surface area (Å²) in [6, 6.07) is 14.6. The SMILES string of the molecule is COc1ccc2cc(C(=O)C(=O)c3cc4ccccc4o3)c(=O)oc2c1. The van der Waals surface area contributed by atoms with Gasteiger partial charge in [-0.05, 0) is 30.3 Å². The highest BCUT2D eigenvalue weighted by Crippen LogP contribution is 2.22. The molecule has 2 aromatic heterocycles. The van der Waals surface area contributed by atoms with Gasteiger partial charge in [-0.2, -0.15) is 0 Å². The van der Waals surface area contributed by atoms with Crippen LogP contribution in [0.4, 0.5) is 0 Å². The zero-order valence-corrected chi connectivity index (χ0v) is 13.6. The summed E-state index contributed by atoms with van der Waals surface area (Å²) < 4.78 is 15.6. The molecule has 0 N–H and O–H groups in total. The lowest BCUT2D eigenvalue weighted by Gasteiger charge is -2.03. The Labute approximate surface area is 146 Å². The molecule has 0 aliphatic rings. The quantitative estimate of drug-likeness (QED) is 0.318. The van der Waals surface area contributed by atoms with Gasteiger partial charge in [-0.25, -0.2) is 4.79 Å². The van der Waals surface area contributed by atoms with E-state index in [9.17, 15) is 14.4 Å². The highest BCUT2D eigenvalue weighted by Gasteiger charge is 2.25. The second-order valence-electron chi connectivity index (χ2n) is 5.66. The smallest absolute Gasteiger partial charge is 0.347 e. The molecular formula is C20H12O6. The van der Waals surface area contributed by atoms with Gasteiger partial charge < -0.3 is 13.6 Å². The highest BCUT2D eigenvalue weighted by atomic mass is 16.5. The lowest BCUT2D eigenvalue weighted by molar-refractivity contribution is 0.0800. The van der Waals surface area contributed by atoms with Crippen LogP contribution in [0.5, 0.6) is 5.75 Å². The standard InChI is InChI=1S/C20H12O6/c1-24-13-7-6-12-8-14(20(23)26-16(12)10-13)18(21)19(22)17-9-11-4-2-3-5-15(11)25-17/h2-10H,1H3. The normalized spacial score (nSPS) is 11.0. The molecule has 0 bridgehead atoms. The maximum Gasteiger partial charge on any atom is 0.347 e. The third kappa shape index (κ3) is 2.57. The summed E-state index contributed by atoms with van der Waals surface area (Å²) in [7, 11) is 1.49. The van der Waals surface area contributed by atoms with Gasteiger partial charge in [0.15, 0.2) is 5.76 Å². The van der Waals surface area contributed by atoms with Crippen LogP contribution in [-0.2, 0) is 0 Å². The van der Waals surface area contributed by atoms with E-state index in [1.807, 2.05) is 0 Å². The number of ketones is 2. The Morgan fingerprint density at radius 3 is 2.38 bits per heavy atom. The number of carbonyl (C=O) groups is 2. The Morgan fingerprint density at radius 1 is 0.846 bits per heavy atom. The first-order valence-corrected chi connectivity index (χ1v) is 7.76. The second kappa shape index (κ2) is 6.00. The van der Waals surface area contributed by atoms with E-state index >= 15 is 0 Å². The summed E-state index contributed by atoms with van der Waals surface area (Å²) in [6.07, 6.45) is 0. The first-order valence-electron chi connectivity index (χ1n) is 7.76. The molecule has 0 unspecified atom stereocenters. The van der Waals surface area contributed by atoms with Crippen molar-refractivity contribution in [2.75, 3.05) is 7.11 Å². The minimum atomic E-state index is -0.976. The van der Waals surface area contributed by atoms with Crippen LogP contribution in [0.15, 0.2) is 68.2 Å². The molecule has 128 valence electrons. The van der Waals surface area contributed by atoms with Gasteiger partial charge in [0.05, 0.1) is 7.11 Å². The molecule has 4 aromatic rings. The molecule has 0 atom stereocenters. The van der Waals surface area contributed by atoms with Crippen LogP contribution in [0.1, 0.15) is 20.9 Å². The van der Waals surface area contributed by atoms with E-state index in [4.69, 9.17) is 13.6 Å². The van der Waals surface area contributed by atoms with Gasteiger partial charge in [-0.3, -0.25) is 9.59 Å². The molecule has 0 saturated heterocycles. The summed E-state index contributed by atoms with van der Waals surface area (Å²) in [6.45, 7) is 0. The Hall–Kier alpha value is -3.67. The van der Waals surface area contributed by atoms with Crippen molar-refractivity contribution in [1.29, 1.82) is 0 Å². The van der Waals surface area contributed by atoms with Gasteiger partial charge in [0, 0.05) is 16.8 Å². The Morgan fingerprint density at radius 2 is 1.62 bits per heavy atom. The van der Waals surface area contributed by atoms with Crippen molar-refractivity contribution >= 4 is 33.5 Å². The predicted octanol–water partition coefficient (Wildman–Crippen LogP) is 3.61. The van der Waals surface area contributed by atoms with Crippen LogP contribution >= 0.6 is 0 Å². The minimum Gasteiger partial charge on any atom is -0.497 e. The fourth-order valence-corrected chi connectivity index (χ4v) is 2.70. The van der Waals surface area contributed by atoms with Crippen LogP contribution in [0.3, 0.4) is 0 Å². The molecule has 0 saturated carbocycles. The van der Waals surface area contributed by atoms with Crippen molar-refractivity contribution in [3.63, 3.8) is 0 Å². The van der Waals surface area contributed by atoms with Crippen LogP contribution in [0.2, 0.25) is 0 Å². The number of methoxy groups -OCH3 is 1. The monoisotopic (exact) mass is 348 g/mol. The van der Waals surface area contributed by atoms with E-state index in [2.05, 4.69) is 0 Å². The molecule has 6 heteroatoms. The molecule has 2 heterocycles. The summed E-state index contributed by atoms with van der Waals surface area (Å²) in [5.41, 5.74) is -0.475. The van der Waals surface area contributed by atoms with E-state index in [1.165, 1.54) is 25.3 Å². The van der Waals surface area contributed by atoms with Gasteiger partial charge in [0.25, 0.3) is 5.78 Å². The molecule has 0 radical (unpaired) electrons. The zero-order chi connectivity index (χ0) is 18.3. The number of carbonyl (C=O) groups excluding carboxylic acids is 2. The van der Waals surface area contributed by atoms with Gasteiger partial charge in [0.2, 0.25) is 5.78 Å². The van der Waals surface area contributed by atoms with Gasteiger partial charge in [0.1, 0.15) is 22.5 Å². The molecule has 6 nitrogen and oxygen atoms in total. The van der Waals surface area contributed by atoms with Crippen molar-refractivity contribution in [1.82, 2.24) is 0 Å². The molecule has 0 aliphatic carbocycles. The lowest BCUT2D eigenvalue weighted by Crippen LogP contribution is -2.21. The molecule has 26 heavy (non-hydrogen) atoms. The molecule has 4 rings (SSSR count). The van der Waals surface area contributed by atoms with Crippen molar-refractivity contribution in [3.05, 3.63) is 76.3 Å². The Kier molecular flexibility index (Phi) is 3.65. The number of fused-ring (bicyclic) bond motifs is 2. The molecule has 0 spiro atoms. The number of rotatable bonds is 4. The first-order chi connectivity index (χ1) is 12.6. The molecule has 0 fully saturated rings. The third-order valence-electron chi connectivity index (χ3n) is 4.04. The number of benzene rings is 2. The fraction of sp³-hybridized carbons (Fsp3) is 0.0500. The van der Waals surface area contributed by atoms with E-state index < -0.39 is 17.2 Å². The fourth-order valence-electron chi connectivity index (χ4n) is 2.70. The summed E-state index contributed by atoms with van der Waals surface area (Å²) in [5, 5.41) is 1.20. The van der Waals surface area contributed by atoms with Crippen LogP contribution < -0.4 is 10.4 Å². The number of ether oxygens (including phenoxy) is 1. The number of furan rings is 1. The van der Waals surface area contributed by atoms with Crippen LogP contribution in [0, 0.1) is 0 Å². The molecular weight excluding hydrogens is 336 g/mol. The summed E-state index contributed by atoms with van der Waals surface area (Å²) in [4.78, 5) is 37.1. The average Bonchev–Trinajstić information content (AvgIpc) is 3.10. The predicted molar refractivity (Wildman–Crippen MR) is 93.9 cm³/mol. The summed E-state index contributed by atoms with van der Waals surface area (Å²) >= 11 is 0. The lowest BCUT2D eigenvalue weighted by atomic mass is 10.1. The van der Waals surface area contributed by atoms with Gasteiger partial charge in [-0.1, -0.05) is 18.2 Å². The Balaban J connectivity index is 1.76. The molecule has 0 aliphatic heterocycles. The number of para-hydroxylation sites is 1. The number of Topliss-reactive ketones (excluding diaryl/α,β-unsaturated/α-hetero) is 2. The minimum absolute atomic E-state index is 0.120. The van der Waals surface area contributed by atoms with Crippen LogP contribution in [0.25, 0.3) is 21.9 Å². The second-order valence-corrected chi connectivity index (χ2v) is 5.66. The largest absolute Gasteiger partial charge is 0.497 e. The maximum atomic E-state index is 12.5. The summed E-state index contributed by atoms with van der Waals surface area (Å²) in [5.74, 6) is -1.49. The topological polar surface area (TPSA) is 86.7 Å². The van der Waals surface area contributed by atoms with E-state index in [1.54, 1.807) is 36.4 Å². The van der Waals surface area contributed by atoms with E-state index in [0.717, 1.165) is 0 Å². The number of hydrogen-bond donors (Lipinski definition) is 0. The zero-order valence-electron chi connectivity index (χ0n) is 13.6.